The molecule has 0 bridgehead atoms. The van der Waals surface area contributed by atoms with Gasteiger partial charge < -0.3 is 10.6 Å². The van der Waals surface area contributed by atoms with Gasteiger partial charge in [0, 0.05) is 25.6 Å². The van der Waals surface area contributed by atoms with Crippen LogP contribution in [0.15, 0.2) is 48.7 Å². The normalized spacial score (nSPS) is 12.1. The zero-order valence-electron chi connectivity index (χ0n) is 18.6. The van der Waals surface area contributed by atoms with Gasteiger partial charge in [0.15, 0.2) is 0 Å². The highest BCUT2D eigenvalue weighted by atomic mass is 32.2. The molecular weight excluding hydrogens is 492 g/mol. The lowest BCUT2D eigenvalue weighted by Crippen LogP contribution is -2.24. The van der Waals surface area contributed by atoms with E-state index in [9.17, 15) is 26.6 Å². The molecule has 2 heterocycles. The van der Waals surface area contributed by atoms with Crippen LogP contribution < -0.4 is 20.4 Å². The van der Waals surface area contributed by atoms with Crippen LogP contribution in [0.1, 0.15) is 15.9 Å². The number of pyridine rings is 2. The van der Waals surface area contributed by atoms with E-state index in [1.807, 2.05) is 0 Å². The summed E-state index contributed by atoms with van der Waals surface area (Å²) in [5.41, 5.74) is 1.39. The number of rotatable bonds is 8. The Kier molecular flexibility index (Phi) is 7.86. The number of carbonyl (C=O) groups is 1. The summed E-state index contributed by atoms with van der Waals surface area (Å²) in [6.45, 7) is 0. The highest BCUT2D eigenvalue weighted by Gasteiger charge is 2.32. The Hall–Kier alpha value is -3.78. The van der Waals surface area contributed by atoms with Crippen LogP contribution in [-0.4, -0.2) is 40.5 Å². The second-order valence-electron chi connectivity index (χ2n) is 7.00. The summed E-state index contributed by atoms with van der Waals surface area (Å²) in [5, 5.41) is 5.68. The smallest absolute Gasteiger partial charge is 0.353 e. The van der Waals surface area contributed by atoms with Crippen molar-refractivity contribution in [3.8, 4) is 0 Å². The molecule has 9 nitrogen and oxygen atoms in total. The van der Waals surface area contributed by atoms with Gasteiger partial charge in [-0.3, -0.25) is 13.9 Å². The lowest BCUT2D eigenvalue weighted by Gasteiger charge is -2.23. The summed E-state index contributed by atoms with van der Waals surface area (Å²) in [4.78, 5) is 24.9. The van der Waals surface area contributed by atoms with Crippen molar-refractivity contribution in [2.24, 2.45) is 0 Å². The Balaban J connectivity index is 2.08. The molecule has 1 unspecified atom stereocenters. The van der Waals surface area contributed by atoms with E-state index in [0.717, 1.165) is 28.6 Å². The molecule has 0 aliphatic heterocycles. The van der Waals surface area contributed by atoms with Crippen LogP contribution in [-0.2, 0) is 22.0 Å². The third-order valence-electron chi connectivity index (χ3n) is 4.63. The fraction of sp³-hybridized carbons (Fsp3) is 0.190. The number of aromatic nitrogens is 2. The SMILES string of the molecule is CONC(=O)c1cnc(Nc2cccc(F)n2)cc1Nc1ccc(C(F)(F)F)cc1N(C)S(C)=O. The number of alkyl halides is 3. The van der Waals surface area contributed by atoms with Gasteiger partial charge in [-0.05, 0) is 30.3 Å². The maximum Gasteiger partial charge on any atom is 0.416 e. The van der Waals surface area contributed by atoms with Gasteiger partial charge in [-0.2, -0.15) is 17.6 Å². The van der Waals surface area contributed by atoms with Crippen LogP contribution in [0.25, 0.3) is 0 Å². The molecule has 3 N–H and O–H groups in total. The molecule has 3 rings (SSSR count). The molecular formula is C21H20F4N6O3S. The first-order chi connectivity index (χ1) is 16.5. The van der Waals surface area contributed by atoms with Crippen molar-refractivity contribution in [3.63, 3.8) is 0 Å². The third-order valence-corrected chi connectivity index (χ3v) is 5.60. The van der Waals surface area contributed by atoms with Gasteiger partial charge in [0.2, 0.25) is 5.95 Å². The van der Waals surface area contributed by atoms with Gasteiger partial charge in [-0.15, -0.1) is 0 Å². The van der Waals surface area contributed by atoms with E-state index in [0.29, 0.717) is 0 Å². The number of nitrogens with zero attached hydrogens (tertiary/aromatic N) is 3. The van der Waals surface area contributed by atoms with Gasteiger partial charge >= 0.3 is 6.18 Å². The molecule has 1 aromatic carbocycles. The zero-order valence-corrected chi connectivity index (χ0v) is 19.4. The van der Waals surface area contributed by atoms with Crippen LogP contribution in [0.5, 0.6) is 0 Å². The number of halogens is 4. The first-order valence-electron chi connectivity index (χ1n) is 9.78. The Morgan fingerprint density at radius 2 is 1.83 bits per heavy atom. The van der Waals surface area contributed by atoms with Gasteiger partial charge in [0.25, 0.3) is 5.91 Å². The van der Waals surface area contributed by atoms with Crippen molar-refractivity contribution in [2.75, 3.05) is 35.4 Å². The number of nitrogens with one attached hydrogen (secondary N) is 3. The maximum atomic E-state index is 13.4. The average molecular weight is 512 g/mol. The predicted molar refractivity (Wildman–Crippen MR) is 123 cm³/mol. The topological polar surface area (TPSA) is 108 Å². The van der Waals surface area contributed by atoms with Gasteiger partial charge in [0.1, 0.15) is 22.6 Å². The highest BCUT2D eigenvalue weighted by molar-refractivity contribution is 7.85. The standard InChI is InChI=1S/C21H20F4N6O3S/c1-31(35(3)33)16-9-12(21(23,24)25)7-8-14(16)27-15-10-19(26-11-13(15)20(32)30-34-2)29-18-6-4-5-17(22)28-18/h4-11H,1-3H3,(H,30,32)(H2,26,27,28,29). The lowest BCUT2D eigenvalue weighted by molar-refractivity contribution is -0.137. The Morgan fingerprint density at radius 3 is 2.46 bits per heavy atom. The van der Waals surface area contributed by atoms with Gasteiger partial charge in [0.05, 0.1) is 35.3 Å². The van der Waals surface area contributed by atoms with E-state index in [2.05, 4.69) is 30.9 Å². The quantitative estimate of drug-likeness (QED) is 0.237. The third kappa shape index (κ3) is 6.42. The fourth-order valence-corrected chi connectivity index (χ4v) is 3.35. The largest absolute Gasteiger partial charge is 0.416 e. The van der Waals surface area contributed by atoms with Crippen molar-refractivity contribution in [1.82, 2.24) is 15.4 Å². The summed E-state index contributed by atoms with van der Waals surface area (Å²) < 4.78 is 66.5. The van der Waals surface area contributed by atoms with Gasteiger partial charge in [-0.1, -0.05) is 6.07 Å². The van der Waals surface area contributed by atoms with Gasteiger partial charge in [-0.25, -0.2) is 19.7 Å². The average Bonchev–Trinajstić information content (AvgIpc) is 2.78. The number of amides is 1. The molecule has 1 atom stereocenters. The predicted octanol–water partition coefficient (Wildman–Crippen LogP) is 4.14. The number of carbonyl (C=O) groups excluding carboxylic acids is 1. The molecule has 1 amide bonds. The van der Waals surface area contributed by atoms with E-state index in [1.54, 1.807) is 0 Å². The van der Waals surface area contributed by atoms with Crippen molar-refractivity contribution in [1.29, 1.82) is 0 Å². The maximum absolute atomic E-state index is 13.4. The Labute approximate surface area is 200 Å². The number of anilines is 5. The summed E-state index contributed by atoms with van der Waals surface area (Å²) in [6.07, 6.45) is -2.13. The molecule has 35 heavy (non-hydrogen) atoms. The Bertz CT molecular complexity index is 1260. The summed E-state index contributed by atoms with van der Waals surface area (Å²) >= 11 is 0. The van der Waals surface area contributed by atoms with Crippen LogP contribution in [0.3, 0.4) is 0 Å². The molecule has 0 radical (unpaired) electrons. The molecule has 3 aromatic rings. The second-order valence-corrected chi connectivity index (χ2v) is 8.39. The summed E-state index contributed by atoms with van der Waals surface area (Å²) in [6, 6.07) is 8.30. The van der Waals surface area contributed by atoms with Crippen molar-refractivity contribution >= 4 is 45.6 Å². The zero-order chi connectivity index (χ0) is 25.8. The molecule has 0 fully saturated rings. The van der Waals surface area contributed by atoms with E-state index >= 15 is 0 Å². The van der Waals surface area contributed by atoms with Crippen LogP contribution in [0.2, 0.25) is 0 Å². The van der Waals surface area contributed by atoms with E-state index in [1.165, 1.54) is 44.8 Å². The van der Waals surface area contributed by atoms with Crippen LogP contribution >= 0.6 is 0 Å². The van der Waals surface area contributed by atoms with E-state index in [-0.39, 0.29) is 34.3 Å². The minimum Gasteiger partial charge on any atom is -0.353 e. The molecule has 2 aromatic heterocycles. The minimum atomic E-state index is -4.63. The first-order valence-corrected chi connectivity index (χ1v) is 11.3. The first kappa shape index (κ1) is 25.8. The number of hydroxylamine groups is 1. The van der Waals surface area contributed by atoms with E-state index in [4.69, 9.17) is 0 Å². The lowest BCUT2D eigenvalue weighted by atomic mass is 10.1. The molecule has 0 spiro atoms. The Morgan fingerprint density at radius 1 is 1.09 bits per heavy atom. The van der Waals surface area contributed by atoms with Crippen molar-refractivity contribution < 1.29 is 31.4 Å². The highest BCUT2D eigenvalue weighted by Crippen LogP contribution is 2.37. The van der Waals surface area contributed by atoms with E-state index < -0.39 is 34.6 Å². The van der Waals surface area contributed by atoms with Crippen LogP contribution in [0, 0.1) is 5.95 Å². The minimum absolute atomic E-state index is 0.0178. The van der Waals surface area contributed by atoms with Crippen molar-refractivity contribution in [2.45, 2.75) is 6.18 Å². The molecule has 0 aliphatic rings. The number of benzene rings is 1. The fourth-order valence-electron chi connectivity index (χ4n) is 2.92. The van der Waals surface area contributed by atoms with Crippen molar-refractivity contribution in [3.05, 3.63) is 65.7 Å². The molecule has 0 saturated heterocycles. The van der Waals surface area contributed by atoms with Crippen LogP contribution in [0.4, 0.5) is 46.3 Å². The second kappa shape index (κ2) is 10.7. The molecule has 0 saturated carbocycles. The monoisotopic (exact) mass is 512 g/mol. The number of hydrogen-bond donors (Lipinski definition) is 3. The molecule has 186 valence electrons. The molecule has 14 heteroatoms. The summed E-state index contributed by atoms with van der Waals surface area (Å²) in [7, 11) is 0.934. The molecule has 0 aliphatic carbocycles. The summed E-state index contributed by atoms with van der Waals surface area (Å²) in [5.74, 6) is -1.14. The number of hydrogen-bond acceptors (Lipinski definition) is 7.